The first-order chi connectivity index (χ1) is 7.16. The van der Waals surface area contributed by atoms with E-state index in [1.807, 2.05) is 0 Å². The Bertz CT molecular complexity index is 491. The van der Waals surface area contributed by atoms with Crippen molar-refractivity contribution in [2.45, 2.75) is 0 Å². The highest BCUT2D eigenvalue weighted by Gasteiger charge is 2.07. The van der Waals surface area contributed by atoms with Gasteiger partial charge in [0.2, 0.25) is 5.82 Å². The summed E-state index contributed by atoms with van der Waals surface area (Å²) < 4.78 is 1.45. The molecule has 0 bridgehead atoms. The van der Waals surface area contributed by atoms with Gasteiger partial charge in [0.25, 0.3) is 5.91 Å². The van der Waals surface area contributed by atoms with Gasteiger partial charge in [0.15, 0.2) is 0 Å². The summed E-state index contributed by atoms with van der Waals surface area (Å²) in [6.45, 7) is 0. The van der Waals surface area contributed by atoms with E-state index < -0.39 is 5.91 Å². The number of carbonyl (C=O) groups excluding carboxylic acids is 1. The third-order valence-electron chi connectivity index (χ3n) is 1.80. The number of nitrogens with two attached hydrogens (primary N) is 1. The fraction of sp³-hybridized carbons (Fsp3) is 0. The molecule has 0 saturated carbocycles. The molecule has 2 aromatic rings. The third kappa shape index (κ3) is 1.97. The van der Waals surface area contributed by atoms with Gasteiger partial charge < -0.3 is 5.73 Å². The van der Waals surface area contributed by atoms with Crippen LogP contribution >= 0.6 is 11.6 Å². The second-order valence-electron chi connectivity index (χ2n) is 2.85. The van der Waals surface area contributed by atoms with Gasteiger partial charge in [0, 0.05) is 5.02 Å². The van der Waals surface area contributed by atoms with Crippen LogP contribution in [0, 0.1) is 0 Å². The zero-order valence-electron chi connectivity index (χ0n) is 7.59. The average molecular weight is 223 g/mol. The summed E-state index contributed by atoms with van der Waals surface area (Å²) in [5.74, 6) is -0.660. The molecule has 0 unspecified atom stereocenters. The molecule has 2 N–H and O–H groups in total. The van der Waals surface area contributed by atoms with Gasteiger partial charge in [-0.2, -0.15) is 0 Å². The summed E-state index contributed by atoms with van der Waals surface area (Å²) in [6, 6.07) is 6.98. The van der Waals surface area contributed by atoms with E-state index in [9.17, 15) is 4.79 Å². The van der Waals surface area contributed by atoms with Crippen LogP contribution in [0.25, 0.3) is 5.69 Å². The fourth-order valence-corrected chi connectivity index (χ4v) is 1.22. The van der Waals surface area contributed by atoms with E-state index in [1.165, 1.54) is 11.0 Å². The maximum Gasteiger partial charge on any atom is 0.288 e. The van der Waals surface area contributed by atoms with Gasteiger partial charge in [-0.1, -0.05) is 11.6 Å². The zero-order valence-corrected chi connectivity index (χ0v) is 8.35. The molecule has 1 heterocycles. The Labute approximate surface area is 90.5 Å². The number of benzene rings is 1. The van der Waals surface area contributed by atoms with Crippen LogP contribution in [0.15, 0.2) is 30.6 Å². The molecular formula is C9H7ClN4O. The standard InChI is InChI=1S/C9H7ClN4O/c10-6-1-3-7(4-2-6)14-5-12-9(13-14)8(11)15/h1-5H,(H2,11,15). The van der Waals surface area contributed by atoms with Gasteiger partial charge >= 0.3 is 0 Å². The van der Waals surface area contributed by atoms with Gasteiger partial charge in [-0.05, 0) is 24.3 Å². The minimum atomic E-state index is -0.650. The number of hydrogen-bond donors (Lipinski definition) is 1. The van der Waals surface area contributed by atoms with Crippen LogP contribution in [0.4, 0.5) is 0 Å². The summed E-state index contributed by atoms with van der Waals surface area (Å²) in [5, 5.41) is 4.53. The van der Waals surface area contributed by atoms with Crippen LogP contribution in [-0.2, 0) is 0 Å². The van der Waals surface area contributed by atoms with Gasteiger partial charge in [-0.25, -0.2) is 9.67 Å². The molecule has 15 heavy (non-hydrogen) atoms. The molecule has 0 atom stereocenters. The van der Waals surface area contributed by atoms with Crippen LogP contribution < -0.4 is 5.73 Å². The van der Waals surface area contributed by atoms with E-state index >= 15 is 0 Å². The van der Waals surface area contributed by atoms with Crippen molar-refractivity contribution in [1.82, 2.24) is 14.8 Å². The maximum absolute atomic E-state index is 10.8. The van der Waals surface area contributed by atoms with Crippen molar-refractivity contribution in [2.75, 3.05) is 0 Å². The number of primary amides is 1. The highest BCUT2D eigenvalue weighted by atomic mass is 35.5. The fourth-order valence-electron chi connectivity index (χ4n) is 1.09. The Morgan fingerprint density at radius 2 is 2.00 bits per heavy atom. The molecule has 0 radical (unpaired) electrons. The molecule has 0 fully saturated rings. The number of hydrogen-bond acceptors (Lipinski definition) is 3. The number of amides is 1. The molecule has 0 aliphatic rings. The summed E-state index contributed by atoms with van der Waals surface area (Å²) in [7, 11) is 0. The van der Waals surface area contributed by atoms with Crippen molar-refractivity contribution in [3.8, 4) is 5.69 Å². The van der Waals surface area contributed by atoms with Gasteiger partial charge in [-0.3, -0.25) is 4.79 Å². The van der Waals surface area contributed by atoms with Crippen LogP contribution in [0.3, 0.4) is 0 Å². The lowest BCUT2D eigenvalue weighted by Crippen LogP contribution is -2.13. The van der Waals surface area contributed by atoms with Gasteiger partial charge in [-0.15, -0.1) is 5.10 Å². The van der Waals surface area contributed by atoms with Crippen molar-refractivity contribution in [2.24, 2.45) is 5.73 Å². The Hall–Kier alpha value is -1.88. The summed E-state index contributed by atoms with van der Waals surface area (Å²) in [4.78, 5) is 14.5. The van der Waals surface area contributed by atoms with Crippen LogP contribution in [0.1, 0.15) is 10.6 Å². The highest BCUT2D eigenvalue weighted by molar-refractivity contribution is 6.30. The molecule has 76 valence electrons. The summed E-state index contributed by atoms with van der Waals surface area (Å²) in [6.07, 6.45) is 1.42. The lowest BCUT2D eigenvalue weighted by Gasteiger charge is -1.98. The molecule has 0 aliphatic carbocycles. The number of nitrogens with zero attached hydrogens (tertiary/aromatic N) is 3. The molecular weight excluding hydrogens is 216 g/mol. The molecule has 5 nitrogen and oxygen atoms in total. The molecule has 1 aromatic carbocycles. The maximum atomic E-state index is 10.8. The van der Waals surface area contributed by atoms with Crippen molar-refractivity contribution in [3.63, 3.8) is 0 Å². The molecule has 1 amide bonds. The Morgan fingerprint density at radius 1 is 1.33 bits per heavy atom. The van der Waals surface area contributed by atoms with Crippen LogP contribution in [0.2, 0.25) is 5.02 Å². The smallest absolute Gasteiger partial charge is 0.288 e. The highest BCUT2D eigenvalue weighted by Crippen LogP contribution is 2.12. The molecule has 6 heteroatoms. The first-order valence-electron chi connectivity index (χ1n) is 4.14. The van der Waals surface area contributed by atoms with Crippen molar-refractivity contribution >= 4 is 17.5 Å². The van der Waals surface area contributed by atoms with Gasteiger partial charge in [0.1, 0.15) is 6.33 Å². The Kier molecular flexibility index (Phi) is 2.39. The van der Waals surface area contributed by atoms with Crippen molar-refractivity contribution in [1.29, 1.82) is 0 Å². The Morgan fingerprint density at radius 3 is 2.53 bits per heavy atom. The largest absolute Gasteiger partial charge is 0.363 e. The lowest BCUT2D eigenvalue weighted by molar-refractivity contribution is 0.0990. The second kappa shape index (κ2) is 3.70. The van der Waals surface area contributed by atoms with Gasteiger partial charge in [0.05, 0.1) is 5.69 Å². The summed E-state index contributed by atoms with van der Waals surface area (Å²) >= 11 is 5.74. The quantitative estimate of drug-likeness (QED) is 0.825. The van der Waals surface area contributed by atoms with Crippen molar-refractivity contribution in [3.05, 3.63) is 41.4 Å². The van der Waals surface area contributed by atoms with Crippen LogP contribution in [0.5, 0.6) is 0 Å². The second-order valence-corrected chi connectivity index (χ2v) is 3.29. The zero-order chi connectivity index (χ0) is 10.8. The first-order valence-corrected chi connectivity index (χ1v) is 4.52. The molecule has 1 aromatic heterocycles. The minimum absolute atomic E-state index is 0.00931. The monoisotopic (exact) mass is 222 g/mol. The molecule has 0 saturated heterocycles. The first kappa shape index (κ1) is 9.67. The van der Waals surface area contributed by atoms with Crippen LogP contribution in [-0.4, -0.2) is 20.7 Å². The molecule has 0 spiro atoms. The predicted octanol–water partition coefficient (Wildman–Crippen LogP) is 1.02. The lowest BCUT2D eigenvalue weighted by atomic mass is 10.3. The van der Waals surface area contributed by atoms with E-state index in [0.717, 1.165) is 5.69 Å². The van der Waals surface area contributed by atoms with Crippen molar-refractivity contribution < 1.29 is 4.79 Å². The van der Waals surface area contributed by atoms with E-state index in [0.29, 0.717) is 5.02 Å². The number of halogens is 1. The minimum Gasteiger partial charge on any atom is -0.363 e. The SMILES string of the molecule is NC(=O)c1ncn(-c2ccc(Cl)cc2)n1. The number of rotatable bonds is 2. The number of aromatic nitrogens is 3. The third-order valence-corrected chi connectivity index (χ3v) is 2.06. The normalized spacial score (nSPS) is 10.2. The molecule has 2 rings (SSSR count). The predicted molar refractivity (Wildman–Crippen MR) is 54.9 cm³/mol. The number of carbonyl (C=O) groups is 1. The summed E-state index contributed by atoms with van der Waals surface area (Å²) in [5.41, 5.74) is 5.79. The molecule has 0 aliphatic heterocycles. The topological polar surface area (TPSA) is 73.8 Å². The average Bonchev–Trinajstić information content (AvgIpc) is 2.68. The van der Waals surface area contributed by atoms with E-state index in [-0.39, 0.29) is 5.82 Å². The van der Waals surface area contributed by atoms with E-state index in [4.69, 9.17) is 17.3 Å². The van der Waals surface area contributed by atoms with E-state index in [1.54, 1.807) is 24.3 Å². The van der Waals surface area contributed by atoms with E-state index in [2.05, 4.69) is 10.1 Å². The Balaban J connectivity index is 2.37.